The summed E-state index contributed by atoms with van der Waals surface area (Å²) in [5.74, 6) is -0.321. The van der Waals surface area contributed by atoms with Gasteiger partial charge in [0.15, 0.2) is 5.78 Å². The number of benzene rings is 2. The molecule has 2 aromatic carbocycles. The number of carbonyl (C=O) groups excluding carboxylic acids is 1. The van der Waals surface area contributed by atoms with Gasteiger partial charge in [-0.1, -0.05) is 58.8 Å². The number of nitrogens with zero attached hydrogens (tertiary/aromatic N) is 6. The van der Waals surface area contributed by atoms with Crippen LogP contribution in [0.4, 0.5) is 11.4 Å². The minimum atomic E-state index is -4.37. The van der Waals surface area contributed by atoms with Crippen LogP contribution in [0.15, 0.2) is 69.9 Å². The van der Waals surface area contributed by atoms with E-state index in [0.29, 0.717) is 22.5 Å². The molecule has 31 heavy (non-hydrogen) atoms. The van der Waals surface area contributed by atoms with Gasteiger partial charge in [0.1, 0.15) is 0 Å². The molecule has 1 saturated carbocycles. The van der Waals surface area contributed by atoms with Crippen LogP contribution in [0.1, 0.15) is 24.0 Å². The first-order valence-corrected chi connectivity index (χ1v) is 10.5. The summed E-state index contributed by atoms with van der Waals surface area (Å²) >= 11 is 0. The Kier molecular flexibility index (Phi) is 6.54. The Morgan fingerprint density at radius 2 is 1.23 bits per heavy atom. The fourth-order valence-corrected chi connectivity index (χ4v) is 3.97. The zero-order valence-corrected chi connectivity index (χ0v) is 16.8. The molecule has 156 valence electrons. The molecule has 0 unspecified atom stereocenters. The smallest absolute Gasteiger partial charge is 0.268 e. The number of hydrogen-bond acceptors (Lipinski definition) is 5. The highest BCUT2D eigenvalue weighted by molar-refractivity contribution is 7.86. The number of Topliss-reactive ketones (excluding diaryl/α,β-unsaturated/α-hetero) is 1. The molecule has 1 aliphatic carbocycles. The number of azide groups is 2. The van der Waals surface area contributed by atoms with Crippen molar-refractivity contribution in [1.29, 1.82) is 0 Å². The van der Waals surface area contributed by atoms with Crippen molar-refractivity contribution in [2.24, 2.45) is 10.2 Å². The molecule has 0 atom stereocenters. The quantitative estimate of drug-likeness (QED) is 0.210. The van der Waals surface area contributed by atoms with Crippen LogP contribution in [0.2, 0.25) is 0 Å². The maximum atomic E-state index is 13.0. The van der Waals surface area contributed by atoms with E-state index in [1.165, 1.54) is 0 Å². The van der Waals surface area contributed by atoms with E-state index in [9.17, 15) is 17.8 Å². The number of ketones is 1. The average Bonchev–Trinajstić information content (AvgIpc) is 2.73. The lowest BCUT2D eigenvalue weighted by Gasteiger charge is -2.23. The summed E-state index contributed by atoms with van der Waals surface area (Å²) in [6.07, 6.45) is 2.86. The van der Waals surface area contributed by atoms with Crippen molar-refractivity contribution < 1.29 is 17.8 Å². The Morgan fingerprint density at radius 1 is 0.839 bits per heavy atom. The Labute approximate surface area is 177 Å². The molecule has 1 aliphatic rings. The van der Waals surface area contributed by atoms with Crippen molar-refractivity contribution in [3.63, 3.8) is 0 Å². The van der Waals surface area contributed by atoms with Gasteiger partial charge in [0.05, 0.1) is 5.25 Å². The van der Waals surface area contributed by atoms with Crippen molar-refractivity contribution in [3.8, 4) is 0 Å². The fourth-order valence-electron chi connectivity index (χ4n) is 3.19. The van der Waals surface area contributed by atoms with Gasteiger partial charge in [-0.15, -0.1) is 0 Å². The van der Waals surface area contributed by atoms with Crippen molar-refractivity contribution in [3.05, 3.63) is 91.7 Å². The van der Waals surface area contributed by atoms with Crippen molar-refractivity contribution in [1.82, 2.24) is 0 Å². The topological polar surface area (TPSA) is 169 Å². The van der Waals surface area contributed by atoms with Crippen LogP contribution in [-0.4, -0.2) is 24.0 Å². The SMILES string of the molecule is [N-]=[N+]=Nc1ccc(/C=C2\CC(S(=O)(=O)O)C/C(=C\c3ccc(N=[N+]=[N-])cc3)C2=O)cc1. The largest absolute Gasteiger partial charge is 0.289 e. The summed E-state index contributed by atoms with van der Waals surface area (Å²) in [4.78, 5) is 18.4. The molecule has 1 fully saturated rings. The Morgan fingerprint density at radius 3 is 1.55 bits per heavy atom. The molecule has 0 aliphatic heterocycles. The van der Waals surface area contributed by atoms with Crippen LogP contribution in [0.3, 0.4) is 0 Å². The first-order chi connectivity index (χ1) is 14.8. The number of rotatable bonds is 5. The normalized spacial score (nSPS) is 19.0. The van der Waals surface area contributed by atoms with E-state index in [1.807, 2.05) is 0 Å². The van der Waals surface area contributed by atoms with Crippen LogP contribution >= 0.6 is 0 Å². The minimum absolute atomic E-state index is 0.122. The molecule has 0 saturated heterocycles. The first kappa shape index (κ1) is 21.8. The predicted octanol–water partition coefficient (Wildman–Crippen LogP) is 5.66. The highest BCUT2D eigenvalue weighted by Crippen LogP contribution is 2.32. The molecule has 0 spiro atoms. The van der Waals surface area contributed by atoms with E-state index in [0.717, 1.165) is 0 Å². The lowest BCUT2D eigenvalue weighted by Crippen LogP contribution is -2.30. The second kappa shape index (κ2) is 9.29. The van der Waals surface area contributed by atoms with Gasteiger partial charge in [-0.3, -0.25) is 9.35 Å². The second-order valence-electron chi connectivity index (χ2n) is 6.78. The Bertz CT molecular complexity index is 1180. The molecule has 1 N–H and O–H groups in total. The molecule has 0 bridgehead atoms. The molecule has 11 heteroatoms. The molecule has 3 rings (SSSR count). The van der Waals surface area contributed by atoms with Crippen LogP contribution in [0, 0.1) is 0 Å². The summed E-state index contributed by atoms with van der Waals surface area (Å²) in [6, 6.07) is 12.8. The predicted molar refractivity (Wildman–Crippen MR) is 116 cm³/mol. The molecule has 10 nitrogen and oxygen atoms in total. The summed E-state index contributed by atoms with van der Waals surface area (Å²) < 4.78 is 33.2. The number of hydrogen-bond donors (Lipinski definition) is 1. The third kappa shape index (κ3) is 5.59. The molecular weight excluding hydrogens is 420 g/mol. The fraction of sp³-hybridized carbons (Fsp3) is 0.150. The lowest BCUT2D eigenvalue weighted by molar-refractivity contribution is -0.112. The summed E-state index contributed by atoms with van der Waals surface area (Å²) in [6.45, 7) is 0. The third-order valence-electron chi connectivity index (χ3n) is 4.69. The number of allylic oxidation sites excluding steroid dienone is 2. The lowest BCUT2D eigenvalue weighted by atomic mass is 9.86. The van der Waals surface area contributed by atoms with Crippen LogP contribution < -0.4 is 0 Å². The first-order valence-electron chi connectivity index (χ1n) is 9.02. The molecule has 2 aromatic rings. The van der Waals surface area contributed by atoms with Gasteiger partial charge < -0.3 is 0 Å². The standard InChI is InChI=1S/C20H16N6O4S/c21-25-23-17-5-1-13(2-6-17)9-15-11-19(31(28,29)30)12-16(20(15)27)10-14-3-7-18(8-4-14)24-26-22/h1-10,19H,11-12H2,(H,28,29,30)/b15-9+,16-10+. The van der Waals surface area contributed by atoms with Gasteiger partial charge in [0.25, 0.3) is 10.1 Å². The van der Waals surface area contributed by atoms with Crippen molar-refractivity contribution >= 4 is 39.4 Å². The third-order valence-corrected chi connectivity index (χ3v) is 5.86. The Hall–Kier alpha value is -3.88. The molecule has 0 aromatic heterocycles. The van der Waals surface area contributed by atoms with E-state index in [2.05, 4.69) is 20.1 Å². The second-order valence-corrected chi connectivity index (χ2v) is 8.47. The van der Waals surface area contributed by atoms with Crippen LogP contribution in [0.5, 0.6) is 0 Å². The van der Waals surface area contributed by atoms with Crippen LogP contribution in [0.25, 0.3) is 33.0 Å². The van der Waals surface area contributed by atoms with Gasteiger partial charge in [-0.25, -0.2) is 0 Å². The van der Waals surface area contributed by atoms with Gasteiger partial charge in [0, 0.05) is 32.3 Å². The summed E-state index contributed by atoms with van der Waals surface area (Å²) in [5.41, 5.74) is 19.5. The van der Waals surface area contributed by atoms with Crippen LogP contribution in [-0.2, 0) is 14.9 Å². The minimum Gasteiger partial charge on any atom is -0.289 e. The van der Waals surface area contributed by atoms with Gasteiger partial charge in [0.2, 0.25) is 0 Å². The van der Waals surface area contributed by atoms with E-state index in [1.54, 1.807) is 60.7 Å². The van der Waals surface area contributed by atoms with Crippen molar-refractivity contribution in [2.45, 2.75) is 18.1 Å². The van der Waals surface area contributed by atoms with Gasteiger partial charge in [-0.2, -0.15) is 8.42 Å². The zero-order valence-electron chi connectivity index (χ0n) is 16.0. The van der Waals surface area contributed by atoms with Gasteiger partial charge >= 0.3 is 0 Å². The molecular formula is C20H16N6O4S. The zero-order chi connectivity index (χ0) is 22.4. The Balaban J connectivity index is 1.98. The molecule has 0 amide bonds. The molecule has 0 heterocycles. The van der Waals surface area contributed by atoms with E-state index < -0.39 is 15.4 Å². The monoisotopic (exact) mass is 436 g/mol. The highest BCUT2D eigenvalue weighted by Gasteiger charge is 2.34. The van der Waals surface area contributed by atoms with E-state index in [-0.39, 0.29) is 29.8 Å². The summed E-state index contributed by atoms with van der Waals surface area (Å²) in [5, 5.41) is 5.81. The maximum absolute atomic E-state index is 13.0. The number of carbonyl (C=O) groups is 1. The van der Waals surface area contributed by atoms with Crippen molar-refractivity contribution in [2.75, 3.05) is 0 Å². The molecule has 0 radical (unpaired) electrons. The van der Waals surface area contributed by atoms with E-state index in [4.69, 9.17) is 11.1 Å². The van der Waals surface area contributed by atoms with Gasteiger partial charge in [-0.05, 0) is 47.2 Å². The van der Waals surface area contributed by atoms with E-state index >= 15 is 0 Å². The average molecular weight is 436 g/mol. The highest BCUT2D eigenvalue weighted by atomic mass is 32.2. The maximum Gasteiger partial charge on any atom is 0.268 e. The summed E-state index contributed by atoms with van der Waals surface area (Å²) in [7, 11) is -4.37.